The van der Waals surface area contributed by atoms with Crippen LogP contribution in [0.5, 0.6) is 0 Å². The maximum Gasteiger partial charge on any atom is 0.380 e. The van der Waals surface area contributed by atoms with E-state index in [9.17, 15) is 14.4 Å². The topological polar surface area (TPSA) is 132 Å². The number of ketones is 2. The first-order valence-corrected chi connectivity index (χ1v) is 3.20. The fourth-order valence-corrected chi connectivity index (χ4v) is 0.514. The number of carbonyl (C=O) groups is 3. The summed E-state index contributed by atoms with van der Waals surface area (Å²) in [6.07, 6.45) is -4.05. The van der Waals surface area contributed by atoms with Crippen molar-refractivity contribution in [2.24, 2.45) is 0 Å². The first kappa shape index (κ1) is 11.7. The minimum Gasteiger partial charge on any atom is -0.475 e. The minimum absolute atomic E-state index is 0.945. The van der Waals surface area contributed by atoms with Gasteiger partial charge in [0.25, 0.3) is 0 Å². The summed E-state index contributed by atoms with van der Waals surface area (Å²) in [6, 6.07) is 0. The monoisotopic (exact) mass is 192 g/mol. The first-order valence-electron chi connectivity index (χ1n) is 3.20. The number of carbonyl (C=O) groups excluding carboxylic acids is 2. The average Bonchev–Trinajstić information content (AvgIpc) is 2.12. The Labute approximate surface area is 72.2 Å². The fourth-order valence-electron chi connectivity index (χ4n) is 0.514. The van der Waals surface area contributed by atoms with Crippen molar-refractivity contribution >= 4 is 17.5 Å². The molecule has 7 heteroatoms. The van der Waals surface area contributed by atoms with Gasteiger partial charge in [0, 0.05) is 0 Å². The SMILES string of the molecule is O=C(O)C(=O)C(=O)C(O)C(O)CO. The predicted molar refractivity (Wildman–Crippen MR) is 36.7 cm³/mol. The van der Waals surface area contributed by atoms with Gasteiger partial charge in [0.2, 0.25) is 5.78 Å². The van der Waals surface area contributed by atoms with Gasteiger partial charge in [0.1, 0.15) is 12.2 Å². The molecular weight excluding hydrogens is 184 g/mol. The van der Waals surface area contributed by atoms with E-state index in [2.05, 4.69) is 0 Å². The Balaban J connectivity index is 4.43. The lowest BCUT2D eigenvalue weighted by molar-refractivity contribution is -0.157. The summed E-state index contributed by atoms with van der Waals surface area (Å²) in [5, 5.41) is 33.7. The number of Topliss-reactive ketones (excluding diaryl/α,β-unsaturated/α-hetero) is 2. The van der Waals surface area contributed by atoms with Crippen molar-refractivity contribution in [1.29, 1.82) is 0 Å². The van der Waals surface area contributed by atoms with Crippen molar-refractivity contribution in [3.63, 3.8) is 0 Å². The highest BCUT2D eigenvalue weighted by atomic mass is 16.4. The quantitative estimate of drug-likeness (QED) is 0.268. The molecule has 0 fully saturated rings. The highest BCUT2D eigenvalue weighted by Crippen LogP contribution is 1.95. The number of aliphatic carboxylic acids is 1. The summed E-state index contributed by atoms with van der Waals surface area (Å²) in [7, 11) is 0. The summed E-state index contributed by atoms with van der Waals surface area (Å²) in [5.41, 5.74) is 0. The third kappa shape index (κ3) is 2.90. The van der Waals surface area contributed by atoms with Crippen LogP contribution in [0.4, 0.5) is 0 Å². The van der Waals surface area contributed by atoms with Gasteiger partial charge in [-0.2, -0.15) is 0 Å². The summed E-state index contributed by atoms with van der Waals surface area (Å²) in [6.45, 7) is -0.945. The third-order valence-electron chi connectivity index (χ3n) is 1.24. The van der Waals surface area contributed by atoms with E-state index < -0.39 is 36.4 Å². The smallest absolute Gasteiger partial charge is 0.380 e. The largest absolute Gasteiger partial charge is 0.475 e. The summed E-state index contributed by atoms with van der Waals surface area (Å²) >= 11 is 0. The van der Waals surface area contributed by atoms with E-state index in [1.54, 1.807) is 0 Å². The molecule has 0 rings (SSSR count). The van der Waals surface area contributed by atoms with Crippen molar-refractivity contribution in [2.45, 2.75) is 12.2 Å². The van der Waals surface area contributed by atoms with E-state index in [0.29, 0.717) is 0 Å². The lowest BCUT2D eigenvalue weighted by Crippen LogP contribution is -2.42. The molecule has 0 heterocycles. The number of carboxylic acids is 1. The standard InChI is InChI=1S/C6H8O7/c7-1-2(8)3(9)4(10)5(11)6(12)13/h2-3,7-9H,1H2,(H,12,13). The molecule has 0 aliphatic heterocycles. The zero-order chi connectivity index (χ0) is 10.6. The van der Waals surface area contributed by atoms with E-state index in [4.69, 9.17) is 20.4 Å². The van der Waals surface area contributed by atoms with E-state index in [1.165, 1.54) is 0 Å². The molecule has 7 nitrogen and oxygen atoms in total. The van der Waals surface area contributed by atoms with Crippen LogP contribution >= 0.6 is 0 Å². The molecule has 13 heavy (non-hydrogen) atoms. The number of aliphatic hydroxyl groups is 3. The van der Waals surface area contributed by atoms with Gasteiger partial charge in [-0.1, -0.05) is 0 Å². The molecule has 0 aromatic carbocycles. The van der Waals surface area contributed by atoms with Crippen LogP contribution in [0.2, 0.25) is 0 Å². The molecular formula is C6H8O7. The molecule has 0 spiro atoms. The van der Waals surface area contributed by atoms with Gasteiger partial charge in [-0.15, -0.1) is 0 Å². The number of aliphatic hydroxyl groups excluding tert-OH is 3. The molecule has 0 saturated carbocycles. The molecule has 0 saturated heterocycles. The van der Waals surface area contributed by atoms with Gasteiger partial charge in [0.15, 0.2) is 0 Å². The Hall–Kier alpha value is -1.31. The van der Waals surface area contributed by atoms with Crippen LogP contribution < -0.4 is 0 Å². The predicted octanol–water partition coefficient (Wildman–Crippen LogP) is -3.08. The minimum atomic E-state index is -2.20. The molecule has 2 unspecified atom stereocenters. The summed E-state index contributed by atoms with van der Waals surface area (Å²) in [4.78, 5) is 31.0. The summed E-state index contributed by atoms with van der Waals surface area (Å²) in [5.74, 6) is -5.51. The molecule has 0 aromatic heterocycles. The van der Waals surface area contributed by atoms with Gasteiger partial charge < -0.3 is 20.4 Å². The Morgan fingerprint density at radius 1 is 1.15 bits per heavy atom. The van der Waals surface area contributed by atoms with Gasteiger partial charge in [-0.25, -0.2) is 4.79 Å². The highest BCUT2D eigenvalue weighted by molar-refractivity contribution is 6.62. The number of hydrogen-bond acceptors (Lipinski definition) is 6. The Kier molecular flexibility index (Phi) is 4.18. The van der Waals surface area contributed by atoms with Crippen molar-refractivity contribution in [3.8, 4) is 0 Å². The van der Waals surface area contributed by atoms with Crippen LogP contribution in [0.1, 0.15) is 0 Å². The van der Waals surface area contributed by atoms with Crippen LogP contribution in [0.15, 0.2) is 0 Å². The summed E-state index contributed by atoms with van der Waals surface area (Å²) < 4.78 is 0. The third-order valence-corrected chi connectivity index (χ3v) is 1.24. The molecule has 0 bridgehead atoms. The molecule has 4 N–H and O–H groups in total. The normalized spacial score (nSPS) is 14.7. The van der Waals surface area contributed by atoms with Gasteiger partial charge in [-0.3, -0.25) is 9.59 Å². The van der Waals surface area contributed by atoms with Crippen molar-refractivity contribution in [3.05, 3.63) is 0 Å². The van der Waals surface area contributed by atoms with Crippen LogP contribution in [-0.2, 0) is 14.4 Å². The Bertz CT molecular complexity index is 233. The number of carboxylic acid groups (broad SMARTS) is 1. The van der Waals surface area contributed by atoms with Gasteiger partial charge in [-0.05, 0) is 0 Å². The Morgan fingerprint density at radius 3 is 1.92 bits per heavy atom. The first-order chi connectivity index (χ1) is 5.91. The van der Waals surface area contributed by atoms with Gasteiger partial charge >= 0.3 is 11.8 Å². The van der Waals surface area contributed by atoms with Crippen LogP contribution in [-0.4, -0.2) is 56.8 Å². The lowest BCUT2D eigenvalue weighted by Gasteiger charge is -2.11. The zero-order valence-electron chi connectivity index (χ0n) is 6.38. The molecule has 0 aliphatic rings. The fraction of sp³-hybridized carbons (Fsp3) is 0.500. The average molecular weight is 192 g/mol. The molecule has 74 valence electrons. The maximum absolute atomic E-state index is 10.6. The molecule has 0 radical (unpaired) electrons. The molecule has 0 aliphatic carbocycles. The molecule has 0 aromatic rings. The second-order valence-electron chi connectivity index (χ2n) is 2.19. The maximum atomic E-state index is 10.6. The van der Waals surface area contributed by atoms with E-state index in [-0.39, 0.29) is 0 Å². The van der Waals surface area contributed by atoms with Crippen molar-refractivity contribution in [1.82, 2.24) is 0 Å². The Morgan fingerprint density at radius 2 is 1.62 bits per heavy atom. The molecule has 0 amide bonds. The van der Waals surface area contributed by atoms with Crippen molar-refractivity contribution < 1.29 is 34.8 Å². The second kappa shape index (κ2) is 4.65. The lowest BCUT2D eigenvalue weighted by atomic mass is 10.1. The van der Waals surface area contributed by atoms with E-state index in [1.807, 2.05) is 0 Å². The van der Waals surface area contributed by atoms with Gasteiger partial charge in [0.05, 0.1) is 6.61 Å². The number of hydrogen-bond donors (Lipinski definition) is 4. The van der Waals surface area contributed by atoms with Crippen LogP contribution in [0, 0.1) is 0 Å². The van der Waals surface area contributed by atoms with Crippen molar-refractivity contribution in [2.75, 3.05) is 6.61 Å². The van der Waals surface area contributed by atoms with Crippen LogP contribution in [0.3, 0.4) is 0 Å². The highest BCUT2D eigenvalue weighted by Gasteiger charge is 2.32. The van der Waals surface area contributed by atoms with Crippen LogP contribution in [0.25, 0.3) is 0 Å². The molecule has 2 atom stereocenters. The second-order valence-corrected chi connectivity index (χ2v) is 2.19. The van der Waals surface area contributed by atoms with E-state index in [0.717, 1.165) is 0 Å². The zero-order valence-corrected chi connectivity index (χ0v) is 6.38. The van der Waals surface area contributed by atoms with E-state index >= 15 is 0 Å². The number of rotatable bonds is 5.